The maximum Gasteiger partial charge on any atom is 0.0824 e. The van der Waals surface area contributed by atoms with Gasteiger partial charge in [-0.1, -0.05) is 13.8 Å². The lowest BCUT2D eigenvalue weighted by molar-refractivity contribution is -0.149. The third kappa shape index (κ3) is 3.58. The van der Waals surface area contributed by atoms with Gasteiger partial charge in [-0.25, -0.2) is 0 Å². The first-order valence-corrected chi connectivity index (χ1v) is 12.0. The van der Waals surface area contributed by atoms with Crippen LogP contribution in [0.2, 0.25) is 0 Å². The predicted molar refractivity (Wildman–Crippen MR) is 113 cm³/mol. The van der Waals surface area contributed by atoms with Gasteiger partial charge in [-0.05, 0) is 119 Å². The molecule has 0 amide bonds. The second kappa shape index (κ2) is 6.95. The van der Waals surface area contributed by atoms with Crippen LogP contribution < -0.4 is 0 Å². The summed E-state index contributed by atoms with van der Waals surface area (Å²) in [6.45, 7) is 12.1. The van der Waals surface area contributed by atoms with Crippen molar-refractivity contribution in [2.24, 2.45) is 40.4 Å². The maximum absolute atomic E-state index is 10.7. The first-order valence-electron chi connectivity index (χ1n) is 12.0. The smallest absolute Gasteiger partial charge is 0.0824 e. The van der Waals surface area contributed by atoms with E-state index in [4.69, 9.17) is 4.74 Å². The third-order valence-corrected chi connectivity index (χ3v) is 9.92. The fraction of sp³-hybridized carbons (Fsp3) is 1.00. The number of hydrogen-bond donors (Lipinski definition) is 2. The Balaban J connectivity index is 1.46. The Morgan fingerprint density at radius 1 is 0.893 bits per heavy atom. The monoisotopic (exact) mass is 392 g/mol. The molecule has 0 heterocycles. The molecule has 0 aromatic heterocycles. The molecule has 4 fully saturated rings. The van der Waals surface area contributed by atoms with Gasteiger partial charge in [-0.3, -0.25) is 0 Å². The van der Waals surface area contributed by atoms with Crippen molar-refractivity contribution in [1.82, 2.24) is 0 Å². The molecule has 2 N–H and O–H groups in total. The van der Waals surface area contributed by atoms with E-state index >= 15 is 0 Å². The van der Waals surface area contributed by atoms with Crippen LogP contribution in [0, 0.1) is 40.4 Å². The molecule has 0 aliphatic heterocycles. The second-order valence-corrected chi connectivity index (χ2v) is 12.5. The summed E-state index contributed by atoms with van der Waals surface area (Å²) in [5.41, 5.74) is -0.297. The minimum Gasteiger partial charge on any atom is -0.390 e. The first-order chi connectivity index (χ1) is 12.9. The number of fused-ring (bicyclic) bond motifs is 5. The quantitative estimate of drug-likeness (QED) is 0.693. The molecular weight excluding hydrogens is 348 g/mol. The van der Waals surface area contributed by atoms with Crippen molar-refractivity contribution < 1.29 is 14.9 Å². The van der Waals surface area contributed by atoms with Crippen LogP contribution in [0.25, 0.3) is 0 Å². The highest BCUT2D eigenvalue weighted by Crippen LogP contribution is 2.67. The summed E-state index contributed by atoms with van der Waals surface area (Å²) in [7, 11) is 0. The minimum atomic E-state index is -0.730. The molecule has 8 atom stereocenters. The molecule has 4 unspecified atom stereocenters. The van der Waals surface area contributed by atoms with E-state index < -0.39 is 11.2 Å². The summed E-state index contributed by atoms with van der Waals surface area (Å²) in [5, 5.41) is 20.6. The van der Waals surface area contributed by atoms with Gasteiger partial charge in [0.05, 0.1) is 24.4 Å². The van der Waals surface area contributed by atoms with Crippen molar-refractivity contribution in [3.63, 3.8) is 0 Å². The van der Waals surface area contributed by atoms with E-state index in [1.807, 2.05) is 13.8 Å². The van der Waals surface area contributed by atoms with Gasteiger partial charge in [0.1, 0.15) is 0 Å². The SMILES string of the molecule is CC(C)(O)COC[C@H]1CCC2C3CC[C@H]4C[C@@](C)(O)CCC4(C)C3CC[C@@]21C. The molecule has 0 aromatic rings. The Morgan fingerprint density at radius 3 is 2.32 bits per heavy atom. The van der Waals surface area contributed by atoms with Crippen LogP contribution >= 0.6 is 0 Å². The summed E-state index contributed by atoms with van der Waals surface area (Å²) < 4.78 is 5.98. The lowest BCUT2D eigenvalue weighted by Crippen LogP contribution is -2.55. The zero-order valence-electron chi connectivity index (χ0n) is 19.0. The summed E-state index contributed by atoms with van der Waals surface area (Å²) >= 11 is 0. The van der Waals surface area contributed by atoms with Gasteiger partial charge in [-0.15, -0.1) is 0 Å². The van der Waals surface area contributed by atoms with Gasteiger partial charge in [-0.2, -0.15) is 0 Å². The molecule has 0 spiro atoms. The first kappa shape index (κ1) is 21.1. The molecule has 4 rings (SSSR count). The summed E-state index contributed by atoms with van der Waals surface area (Å²) in [6.07, 6.45) is 11.3. The van der Waals surface area contributed by atoms with Crippen LogP contribution in [0.5, 0.6) is 0 Å². The standard InChI is InChI=1S/C25H44O3/c1-22(2,26)16-28-15-18-7-9-20-19-8-6-17-14-23(3,27)12-13-25(17,5)21(19)10-11-24(18,20)4/h17-21,26-27H,6-16H2,1-5H3/t17-,18+,19?,20?,21?,23-,24+,25?/m0/s1. The molecule has 28 heavy (non-hydrogen) atoms. The molecule has 0 aromatic carbocycles. The number of aliphatic hydroxyl groups is 2. The number of rotatable bonds is 4. The molecule has 3 heteroatoms. The Labute approximate surface area is 172 Å². The topological polar surface area (TPSA) is 49.7 Å². The van der Waals surface area contributed by atoms with E-state index in [-0.39, 0.29) is 0 Å². The summed E-state index contributed by atoms with van der Waals surface area (Å²) in [4.78, 5) is 0. The Bertz CT molecular complexity index is 579. The Kier molecular flexibility index (Phi) is 5.25. The highest BCUT2D eigenvalue weighted by molar-refractivity contribution is 5.10. The van der Waals surface area contributed by atoms with Gasteiger partial charge < -0.3 is 14.9 Å². The van der Waals surface area contributed by atoms with Crippen LogP contribution in [-0.2, 0) is 4.74 Å². The predicted octanol–water partition coefficient (Wildman–Crippen LogP) is 5.18. The average Bonchev–Trinajstić information content (AvgIpc) is 2.91. The van der Waals surface area contributed by atoms with E-state index in [0.29, 0.717) is 29.3 Å². The van der Waals surface area contributed by atoms with Crippen LogP contribution in [-0.4, -0.2) is 34.6 Å². The summed E-state index contributed by atoms with van der Waals surface area (Å²) in [5.74, 6) is 3.95. The largest absolute Gasteiger partial charge is 0.390 e. The van der Waals surface area contributed by atoms with Crippen LogP contribution in [0.3, 0.4) is 0 Å². The van der Waals surface area contributed by atoms with Crippen molar-refractivity contribution in [1.29, 1.82) is 0 Å². The zero-order valence-corrected chi connectivity index (χ0v) is 19.0. The molecule has 3 nitrogen and oxygen atoms in total. The molecular formula is C25H44O3. The lowest BCUT2D eigenvalue weighted by Gasteiger charge is -2.62. The van der Waals surface area contributed by atoms with Gasteiger partial charge >= 0.3 is 0 Å². The second-order valence-electron chi connectivity index (χ2n) is 12.5. The average molecular weight is 393 g/mol. The van der Waals surface area contributed by atoms with Gasteiger partial charge in [0.25, 0.3) is 0 Å². The normalized spacial score (nSPS) is 51.3. The zero-order chi connectivity index (χ0) is 20.4. The molecule has 4 saturated carbocycles. The molecule has 162 valence electrons. The highest BCUT2D eigenvalue weighted by Gasteiger charge is 2.60. The fourth-order valence-corrected chi connectivity index (χ4v) is 8.26. The van der Waals surface area contributed by atoms with E-state index in [1.165, 1.54) is 44.9 Å². The number of ether oxygens (including phenoxy) is 1. The van der Waals surface area contributed by atoms with Gasteiger partial charge in [0.2, 0.25) is 0 Å². The molecule has 0 saturated heterocycles. The minimum absolute atomic E-state index is 0.421. The third-order valence-electron chi connectivity index (χ3n) is 9.92. The molecule has 4 aliphatic rings. The van der Waals surface area contributed by atoms with Crippen molar-refractivity contribution in [2.75, 3.05) is 13.2 Å². The molecule has 4 aliphatic carbocycles. The fourth-order valence-electron chi connectivity index (χ4n) is 8.26. The highest BCUT2D eigenvalue weighted by atomic mass is 16.5. The lowest BCUT2D eigenvalue weighted by atomic mass is 9.44. The van der Waals surface area contributed by atoms with Crippen LogP contribution in [0.4, 0.5) is 0 Å². The Hall–Kier alpha value is -0.120. The van der Waals surface area contributed by atoms with E-state index in [2.05, 4.69) is 20.8 Å². The van der Waals surface area contributed by atoms with Crippen molar-refractivity contribution in [3.05, 3.63) is 0 Å². The van der Waals surface area contributed by atoms with Crippen LogP contribution in [0.1, 0.15) is 92.4 Å². The van der Waals surface area contributed by atoms with E-state index in [9.17, 15) is 10.2 Å². The van der Waals surface area contributed by atoms with Crippen molar-refractivity contribution >= 4 is 0 Å². The van der Waals surface area contributed by atoms with Gasteiger partial charge in [0.15, 0.2) is 0 Å². The van der Waals surface area contributed by atoms with Gasteiger partial charge in [0, 0.05) is 0 Å². The Morgan fingerprint density at radius 2 is 1.61 bits per heavy atom. The van der Waals surface area contributed by atoms with E-state index in [0.717, 1.165) is 37.2 Å². The molecule has 0 radical (unpaired) electrons. The van der Waals surface area contributed by atoms with Crippen molar-refractivity contribution in [3.8, 4) is 0 Å². The maximum atomic E-state index is 10.7. The van der Waals surface area contributed by atoms with Crippen molar-refractivity contribution in [2.45, 2.75) is 104 Å². The van der Waals surface area contributed by atoms with E-state index in [1.54, 1.807) is 0 Å². The van der Waals surface area contributed by atoms with Crippen LogP contribution in [0.15, 0.2) is 0 Å². The molecule has 0 bridgehead atoms. The summed E-state index contributed by atoms with van der Waals surface area (Å²) in [6, 6.07) is 0. The number of hydrogen-bond acceptors (Lipinski definition) is 3.